The van der Waals surface area contributed by atoms with E-state index >= 15 is 0 Å². The van der Waals surface area contributed by atoms with E-state index in [1.165, 1.54) is 0 Å². The summed E-state index contributed by atoms with van der Waals surface area (Å²) in [5, 5.41) is 8.66. The van der Waals surface area contributed by atoms with Crippen molar-refractivity contribution < 1.29 is 0 Å². The number of nitrogens with zero attached hydrogens (tertiary/aromatic N) is 3. The molecule has 0 saturated heterocycles. The molecule has 4 rings (SSSR count). The molecule has 0 bridgehead atoms. The third-order valence-corrected chi connectivity index (χ3v) is 4.02. The van der Waals surface area contributed by atoms with E-state index in [1.807, 2.05) is 83.5 Å². The molecule has 0 aliphatic carbocycles. The summed E-state index contributed by atoms with van der Waals surface area (Å²) < 4.78 is 1.91. The molecule has 0 atom stereocenters. The van der Waals surface area contributed by atoms with Crippen LogP contribution < -0.4 is 5.32 Å². The zero-order chi connectivity index (χ0) is 17.1. The number of para-hydroxylation sites is 1. The van der Waals surface area contributed by atoms with Crippen molar-refractivity contribution in [2.24, 2.45) is 0 Å². The van der Waals surface area contributed by atoms with E-state index in [4.69, 9.17) is 16.7 Å². The zero-order valence-corrected chi connectivity index (χ0v) is 14.1. The molecule has 122 valence electrons. The first-order chi connectivity index (χ1) is 12.3. The molecule has 2 heterocycles. The Morgan fingerprint density at radius 2 is 1.56 bits per heavy atom. The number of nitrogens with one attached hydrogen (secondary N) is 1. The van der Waals surface area contributed by atoms with Crippen LogP contribution in [0.15, 0.2) is 85.1 Å². The van der Waals surface area contributed by atoms with Crippen molar-refractivity contribution in [3.05, 3.63) is 90.1 Å². The number of hydrogen-bond acceptors (Lipinski definition) is 3. The lowest BCUT2D eigenvalue weighted by Crippen LogP contribution is -2.00. The van der Waals surface area contributed by atoms with Crippen LogP contribution in [-0.4, -0.2) is 14.8 Å². The van der Waals surface area contributed by atoms with E-state index in [1.54, 1.807) is 6.20 Å². The maximum absolute atomic E-state index is 6.03. The second-order valence-electron chi connectivity index (χ2n) is 5.51. The Kier molecular flexibility index (Phi) is 4.19. The molecule has 0 aliphatic rings. The molecule has 0 amide bonds. The SMILES string of the molecule is Clc1ccc(-c2cc(Nc3ccccn3)nn2-c2ccccc2)cc1. The second kappa shape index (κ2) is 6.79. The Balaban J connectivity index is 1.79. The van der Waals surface area contributed by atoms with Crippen molar-refractivity contribution in [1.82, 2.24) is 14.8 Å². The van der Waals surface area contributed by atoms with Gasteiger partial charge in [0.2, 0.25) is 0 Å². The van der Waals surface area contributed by atoms with Crippen LogP contribution in [-0.2, 0) is 0 Å². The fourth-order valence-corrected chi connectivity index (χ4v) is 2.73. The normalized spacial score (nSPS) is 10.6. The maximum Gasteiger partial charge on any atom is 0.154 e. The molecule has 0 radical (unpaired) electrons. The highest BCUT2D eigenvalue weighted by Gasteiger charge is 2.12. The fraction of sp³-hybridized carbons (Fsp3) is 0. The Labute approximate surface area is 150 Å². The summed E-state index contributed by atoms with van der Waals surface area (Å²) in [6.45, 7) is 0. The standard InChI is InChI=1S/C20H15ClN4/c21-16-11-9-15(10-12-16)18-14-20(23-19-8-4-5-13-22-19)24-25(18)17-6-2-1-3-7-17/h1-14H,(H,22,23,24). The summed E-state index contributed by atoms with van der Waals surface area (Å²) >= 11 is 6.03. The predicted octanol–water partition coefficient (Wildman–Crippen LogP) is 5.33. The van der Waals surface area contributed by atoms with Gasteiger partial charge < -0.3 is 5.32 Å². The number of anilines is 2. The van der Waals surface area contributed by atoms with Gasteiger partial charge in [-0.25, -0.2) is 9.67 Å². The van der Waals surface area contributed by atoms with E-state index < -0.39 is 0 Å². The lowest BCUT2D eigenvalue weighted by Gasteiger charge is -2.07. The topological polar surface area (TPSA) is 42.7 Å². The van der Waals surface area contributed by atoms with Gasteiger partial charge >= 0.3 is 0 Å². The lowest BCUT2D eigenvalue weighted by atomic mass is 10.1. The minimum atomic E-state index is 0.710. The van der Waals surface area contributed by atoms with Crippen molar-refractivity contribution in [2.45, 2.75) is 0 Å². The average molecular weight is 347 g/mol. The van der Waals surface area contributed by atoms with Crippen LogP contribution in [0.25, 0.3) is 16.9 Å². The molecule has 25 heavy (non-hydrogen) atoms. The third kappa shape index (κ3) is 3.39. The van der Waals surface area contributed by atoms with Gasteiger partial charge in [-0.3, -0.25) is 0 Å². The number of hydrogen-bond donors (Lipinski definition) is 1. The molecule has 0 unspecified atom stereocenters. The van der Waals surface area contributed by atoms with Gasteiger partial charge in [0.25, 0.3) is 0 Å². The van der Waals surface area contributed by atoms with Crippen LogP contribution in [0.5, 0.6) is 0 Å². The molecule has 0 saturated carbocycles. The summed E-state index contributed by atoms with van der Waals surface area (Å²) in [5.74, 6) is 1.48. The highest BCUT2D eigenvalue weighted by atomic mass is 35.5. The van der Waals surface area contributed by atoms with Crippen LogP contribution in [0, 0.1) is 0 Å². The number of halogens is 1. The maximum atomic E-state index is 6.03. The average Bonchev–Trinajstić information content (AvgIpc) is 3.08. The van der Waals surface area contributed by atoms with Crippen molar-refractivity contribution in [3.8, 4) is 16.9 Å². The minimum absolute atomic E-state index is 0.710. The summed E-state index contributed by atoms with van der Waals surface area (Å²) in [6, 6.07) is 25.5. The van der Waals surface area contributed by atoms with Crippen LogP contribution in [0.4, 0.5) is 11.6 Å². The van der Waals surface area contributed by atoms with Crippen molar-refractivity contribution in [2.75, 3.05) is 5.32 Å². The van der Waals surface area contributed by atoms with Crippen LogP contribution in [0.2, 0.25) is 5.02 Å². The van der Waals surface area contributed by atoms with Crippen molar-refractivity contribution >= 4 is 23.2 Å². The van der Waals surface area contributed by atoms with E-state index in [2.05, 4.69) is 10.3 Å². The number of rotatable bonds is 4. The first-order valence-electron chi connectivity index (χ1n) is 7.89. The van der Waals surface area contributed by atoms with Gasteiger partial charge in [-0.05, 0) is 36.4 Å². The fourth-order valence-electron chi connectivity index (χ4n) is 2.60. The number of pyridine rings is 1. The monoisotopic (exact) mass is 346 g/mol. The van der Waals surface area contributed by atoms with Gasteiger partial charge in [-0.15, -0.1) is 5.10 Å². The number of aromatic nitrogens is 3. The van der Waals surface area contributed by atoms with Gasteiger partial charge in [0, 0.05) is 22.8 Å². The summed E-state index contributed by atoms with van der Waals surface area (Å²) in [7, 11) is 0. The molecule has 2 aromatic carbocycles. The van der Waals surface area contributed by atoms with E-state index in [0.29, 0.717) is 5.02 Å². The number of benzene rings is 2. The molecule has 0 aliphatic heterocycles. The quantitative estimate of drug-likeness (QED) is 0.543. The molecular weight excluding hydrogens is 332 g/mol. The molecule has 2 aromatic heterocycles. The zero-order valence-electron chi connectivity index (χ0n) is 13.3. The van der Waals surface area contributed by atoms with Crippen molar-refractivity contribution in [1.29, 1.82) is 0 Å². The highest BCUT2D eigenvalue weighted by molar-refractivity contribution is 6.30. The third-order valence-electron chi connectivity index (χ3n) is 3.77. The predicted molar refractivity (Wildman–Crippen MR) is 102 cm³/mol. The minimum Gasteiger partial charge on any atom is -0.323 e. The van der Waals surface area contributed by atoms with E-state index in [-0.39, 0.29) is 0 Å². The van der Waals surface area contributed by atoms with Gasteiger partial charge in [0.1, 0.15) is 5.82 Å². The highest BCUT2D eigenvalue weighted by Crippen LogP contribution is 2.28. The van der Waals surface area contributed by atoms with Crippen LogP contribution in [0.3, 0.4) is 0 Å². The molecule has 1 N–H and O–H groups in total. The summed E-state index contributed by atoms with van der Waals surface area (Å²) in [4.78, 5) is 4.29. The van der Waals surface area contributed by atoms with Gasteiger partial charge in [-0.1, -0.05) is 48.0 Å². The van der Waals surface area contributed by atoms with Gasteiger partial charge in [0.15, 0.2) is 5.82 Å². The Morgan fingerprint density at radius 3 is 2.28 bits per heavy atom. The Morgan fingerprint density at radius 1 is 0.800 bits per heavy atom. The molecular formula is C20H15ClN4. The summed E-state index contributed by atoms with van der Waals surface area (Å²) in [6.07, 6.45) is 1.75. The van der Waals surface area contributed by atoms with Crippen LogP contribution >= 0.6 is 11.6 Å². The lowest BCUT2D eigenvalue weighted by molar-refractivity contribution is 0.891. The van der Waals surface area contributed by atoms with Crippen LogP contribution in [0.1, 0.15) is 0 Å². The second-order valence-corrected chi connectivity index (χ2v) is 5.95. The molecule has 4 aromatic rings. The van der Waals surface area contributed by atoms with E-state index in [9.17, 15) is 0 Å². The van der Waals surface area contributed by atoms with Gasteiger partial charge in [0.05, 0.1) is 11.4 Å². The smallest absolute Gasteiger partial charge is 0.154 e. The first-order valence-corrected chi connectivity index (χ1v) is 8.27. The van der Waals surface area contributed by atoms with Crippen molar-refractivity contribution in [3.63, 3.8) is 0 Å². The van der Waals surface area contributed by atoms with E-state index in [0.717, 1.165) is 28.6 Å². The molecule has 5 heteroatoms. The molecule has 4 nitrogen and oxygen atoms in total. The first kappa shape index (κ1) is 15.4. The summed E-state index contributed by atoms with van der Waals surface area (Å²) in [5.41, 5.74) is 3.00. The molecule has 0 spiro atoms. The molecule has 0 fully saturated rings. The largest absolute Gasteiger partial charge is 0.323 e. The van der Waals surface area contributed by atoms with Gasteiger partial charge in [-0.2, -0.15) is 0 Å². The Hall–Kier alpha value is -3.11. The Bertz CT molecular complexity index is 964.